The van der Waals surface area contributed by atoms with E-state index in [4.69, 9.17) is 4.74 Å². The maximum absolute atomic E-state index is 12.4. The van der Waals surface area contributed by atoms with Gasteiger partial charge in [0.1, 0.15) is 5.75 Å². The second-order valence-corrected chi connectivity index (χ2v) is 8.43. The average molecular weight is 436 g/mol. The van der Waals surface area contributed by atoms with Gasteiger partial charge in [0, 0.05) is 51.4 Å². The van der Waals surface area contributed by atoms with E-state index >= 15 is 0 Å². The molecule has 2 heterocycles. The number of likely N-dealkylation sites (tertiary alicyclic amines) is 2. The van der Waals surface area contributed by atoms with Crippen molar-refractivity contribution in [1.29, 1.82) is 0 Å². The summed E-state index contributed by atoms with van der Waals surface area (Å²) in [6, 6.07) is 16.4. The first-order valence-corrected chi connectivity index (χ1v) is 11.4. The minimum atomic E-state index is -0.00920. The summed E-state index contributed by atoms with van der Waals surface area (Å²) in [6.07, 6.45) is 3.28. The molecule has 7 nitrogen and oxygen atoms in total. The molecule has 0 bridgehead atoms. The van der Waals surface area contributed by atoms with Crippen molar-refractivity contribution in [3.8, 4) is 5.75 Å². The number of urea groups is 1. The van der Waals surface area contributed by atoms with E-state index in [1.807, 2.05) is 42.3 Å². The summed E-state index contributed by atoms with van der Waals surface area (Å²) in [6.45, 7) is 4.26. The molecule has 2 aliphatic heterocycles. The molecule has 2 aromatic rings. The van der Waals surface area contributed by atoms with E-state index in [-0.39, 0.29) is 6.03 Å². The van der Waals surface area contributed by atoms with Gasteiger partial charge in [-0.25, -0.2) is 4.79 Å². The molecule has 2 fully saturated rings. The van der Waals surface area contributed by atoms with Crippen LogP contribution in [0.2, 0.25) is 0 Å². The monoisotopic (exact) mass is 435 g/mol. The number of carbonyl (C=O) groups excluding carboxylic acids is 1. The van der Waals surface area contributed by atoms with Crippen molar-refractivity contribution in [2.75, 3.05) is 45.7 Å². The smallest absolute Gasteiger partial charge is 0.321 e. The number of anilines is 1. The molecule has 2 aliphatic rings. The lowest BCUT2D eigenvalue weighted by molar-refractivity contribution is 0.222. The van der Waals surface area contributed by atoms with Crippen molar-refractivity contribution in [3.05, 3.63) is 59.7 Å². The highest BCUT2D eigenvalue weighted by Gasteiger charge is 2.26. The van der Waals surface area contributed by atoms with E-state index in [2.05, 4.69) is 38.7 Å². The Balaban J connectivity index is 1.31. The molecule has 2 N–H and O–H groups in total. The van der Waals surface area contributed by atoms with Crippen LogP contribution in [0, 0.1) is 0 Å². The molecule has 0 aromatic heterocycles. The lowest BCUT2D eigenvalue weighted by atomic mass is 9.98. The number of amides is 2. The number of hydrogen-bond acceptors (Lipinski definition) is 3. The second kappa shape index (κ2) is 10.4. The van der Waals surface area contributed by atoms with Gasteiger partial charge >= 0.3 is 6.03 Å². The summed E-state index contributed by atoms with van der Waals surface area (Å²) in [4.78, 5) is 21.0. The Kier molecular flexibility index (Phi) is 7.14. The Labute approximate surface area is 190 Å². The highest BCUT2D eigenvalue weighted by molar-refractivity contribution is 5.89. The summed E-state index contributed by atoms with van der Waals surface area (Å²) < 4.78 is 5.27. The van der Waals surface area contributed by atoms with Gasteiger partial charge in [0.05, 0.1) is 7.11 Å². The fraction of sp³-hybridized carbons (Fsp3) is 0.440. The number of aliphatic imine (C=N–C) groups is 1. The molecule has 7 heteroatoms. The van der Waals surface area contributed by atoms with Crippen LogP contribution in [-0.4, -0.2) is 62.1 Å². The molecular weight excluding hydrogens is 402 g/mol. The maximum Gasteiger partial charge on any atom is 0.321 e. The first-order chi connectivity index (χ1) is 15.7. The zero-order chi connectivity index (χ0) is 22.3. The number of carbonyl (C=O) groups is 1. The largest absolute Gasteiger partial charge is 0.497 e. The molecule has 0 aliphatic carbocycles. The number of ether oxygens (including phenoxy) is 1. The van der Waals surface area contributed by atoms with Crippen molar-refractivity contribution in [2.24, 2.45) is 4.99 Å². The van der Waals surface area contributed by atoms with Crippen LogP contribution in [0.25, 0.3) is 0 Å². The number of methoxy groups -OCH3 is 1. The average Bonchev–Trinajstić information content (AvgIpc) is 3.53. The van der Waals surface area contributed by atoms with Crippen LogP contribution in [0.15, 0.2) is 53.5 Å². The predicted molar refractivity (Wildman–Crippen MR) is 128 cm³/mol. The Hall–Kier alpha value is -3.22. The molecule has 2 saturated heterocycles. The number of guanidine groups is 1. The topological polar surface area (TPSA) is 69.2 Å². The van der Waals surface area contributed by atoms with Crippen LogP contribution in [0.1, 0.15) is 36.3 Å². The quantitative estimate of drug-likeness (QED) is 0.552. The second-order valence-electron chi connectivity index (χ2n) is 8.43. The van der Waals surface area contributed by atoms with Gasteiger partial charge in [-0.3, -0.25) is 4.99 Å². The molecule has 1 unspecified atom stereocenters. The van der Waals surface area contributed by atoms with E-state index < -0.39 is 0 Å². The minimum Gasteiger partial charge on any atom is -0.497 e. The lowest BCUT2D eigenvalue weighted by Gasteiger charge is -2.22. The van der Waals surface area contributed by atoms with E-state index in [1.54, 1.807) is 7.11 Å². The minimum absolute atomic E-state index is 0.00920. The standard InChI is InChI=1S/C25H33N5O2/c1-26-24(30-15-12-21(18-30)20-8-10-23(32-2)11-9-20)27-17-19-6-5-7-22(16-19)28-25(31)29-13-3-4-14-29/h5-11,16,21H,3-4,12-15,17-18H2,1-2H3,(H,26,27)(H,28,31). The van der Waals surface area contributed by atoms with Gasteiger partial charge in [-0.1, -0.05) is 24.3 Å². The molecule has 0 radical (unpaired) electrons. The van der Waals surface area contributed by atoms with Crippen LogP contribution in [-0.2, 0) is 6.54 Å². The zero-order valence-corrected chi connectivity index (χ0v) is 19.0. The number of hydrogen-bond donors (Lipinski definition) is 2. The number of nitrogens with one attached hydrogen (secondary N) is 2. The predicted octanol–water partition coefficient (Wildman–Crippen LogP) is 3.89. The Bertz CT molecular complexity index is 938. The van der Waals surface area contributed by atoms with Gasteiger partial charge in [-0.05, 0) is 54.7 Å². The van der Waals surface area contributed by atoms with E-state index in [9.17, 15) is 4.79 Å². The van der Waals surface area contributed by atoms with Gasteiger partial charge in [-0.15, -0.1) is 0 Å². The van der Waals surface area contributed by atoms with Crippen molar-refractivity contribution in [2.45, 2.75) is 31.7 Å². The maximum atomic E-state index is 12.4. The van der Waals surface area contributed by atoms with E-state index in [0.717, 1.165) is 68.4 Å². The fourth-order valence-electron chi connectivity index (χ4n) is 4.50. The molecule has 4 rings (SSSR count). The number of benzene rings is 2. The zero-order valence-electron chi connectivity index (χ0n) is 19.0. The third-order valence-electron chi connectivity index (χ3n) is 6.31. The molecule has 1 atom stereocenters. The van der Waals surface area contributed by atoms with Crippen LogP contribution in [0.3, 0.4) is 0 Å². The fourth-order valence-corrected chi connectivity index (χ4v) is 4.50. The first kappa shape index (κ1) is 22.0. The van der Waals surface area contributed by atoms with Gasteiger partial charge in [0.25, 0.3) is 0 Å². The van der Waals surface area contributed by atoms with E-state index in [0.29, 0.717) is 12.5 Å². The Morgan fingerprint density at radius 2 is 1.88 bits per heavy atom. The molecular formula is C25H33N5O2. The molecule has 2 aromatic carbocycles. The van der Waals surface area contributed by atoms with Gasteiger partial charge in [0.15, 0.2) is 5.96 Å². The van der Waals surface area contributed by atoms with Gasteiger partial charge in [0.2, 0.25) is 0 Å². The molecule has 2 amide bonds. The van der Waals surface area contributed by atoms with Crippen LogP contribution < -0.4 is 15.4 Å². The molecule has 170 valence electrons. The van der Waals surface area contributed by atoms with Crippen LogP contribution in [0.5, 0.6) is 5.75 Å². The van der Waals surface area contributed by atoms with Gasteiger partial charge < -0.3 is 25.2 Å². The van der Waals surface area contributed by atoms with E-state index in [1.165, 1.54) is 5.56 Å². The summed E-state index contributed by atoms with van der Waals surface area (Å²) in [5.41, 5.74) is 3.28. The van der Waals surface area contributed by atoms with Crippen molar-refractivity contribution in [1.82, 2.24) is 15.1 Å². The highest BCUT2D eigenvalue weighted by atomic mass is 16.5. The first-order valence-electron chi connectivity index (χ1n) is 11.4. The normalized spacial score (nSPS) is 18.7. The Morgan fingerprint density at radius 3 is 2.59 bits per heavy atom. The third kappa shape index (κ3) is 5.33. The van der Waals surface area contributed by atoms with Crippen molar-refractivity contribution < 1.29 is 9.53 Å². The van der Waals surface area contributed by atoms with Crippen molar-refractivity contribution >= 4 is 17.7 Å². The molecule has 32 heavy (non-hydrogen) atoms. The summed E-state index contributed by atoms with van der Waals surface area (Å²) >= 11 is 0. The molecule has 0 spiro atoms. The summed E-state index contributed by atoms with van der Waals surface area (Å²) in [5, 5.41) is 6.51. The number of nitrogens with zero attached hydrogens (tertiary/aromatic N) is 3. The van der Waals surface area contributed by atoms with Crippen LogP contribution in [0.4, 0.5) is 10.5 Å². The van der Waals surface area contributed by atoms with Gasteiger partial charge in [-0.2, -0.15) is 0 Å². The third-order valence-corrected chi connectivity index (χ3v) is 6.31. The van der Waals surface area contributed by atoms with Crippen LogP contribution >= 0.6 is 0 Å². The summed E-state index contributed by atoms with van der Waals surface area (Å²) in [7, 11) is 3.52. The number of rotatable bonds is 5. The van der Waals surface area contributed by atoms with Crippen molar-refractivity contribution in [3.63, 3.8) is 0 Å². The SMILES string of the molecule is CN=C(NCc1cccc(NC(=O)N2CCCC2)c1)N1CCC(c2ccc(OC)cc2)C1. The highest BCUT2D eigenvalue weighted by Crippen LogP contribution is 2.28. The molecule has 0 saturated carbocycles. The Morgan fingerprint density at radius 1 is 1.09 bits per heavy atom. The summed E-state index contributed by atoms with van der Waals surface area (Å²) in [5.74, 6) is 2.29. The lowest BCUT2D eigenvalue weighted by Crippen LogP contribution is -2.39.